The molecular weight excluding hydrogens is 272 g/mol. The number of hydrogen-bond donors (Lipinski definition) is 1. The third kappa shape index (κ3) is 3.10. The van der Waals surface area contributed by atoms with Crippen LogP contribution in [-0.2, 0) is 19.1 Å². The second-order valence-electron chi connectivity index (χ2n) is 6.01. The highest BCUT2D eigenvalue weighted by atomic mass is 16.5. The lowest BCUT2D eigenvalue weighted by Gasteiger charge is -2.30. The first-order valence-electron chi connectivity index (χ1n) is 7.72. The Morgan fingerprint density at radius 1 is 1.33 bits per heavy atom. The maximum atomic E-state index is 12.1. The number of nitrogens with zero attached hydrogens (tertiary/aromatic N) is 1. The van der Waals surface area contributed by atoms with Crippen LogP contribution in [0.2, 0.25) is 0 Å². The Morgan fingerprint density at radius 3 is 2.48 bits per heavy atom. The zero-order valence-corrected chi connectivity index (χ0v) is 13.0. The summed E-state index contributed by atoms with van der Waals surface area (Å²) in [4.78, 5) is 37.4. The fourth-order valence-electron chi connectivity index (χ4n) is 2.76. The van der Waals surface area contributed by atoms with Gasteiger partial charge in [-0.1, -0.05) is 6.92 Å². The molecule has 118 valence electrons. The molecule has 1 heterocycles. The molecule has 6 nitrogen and oxygen atoms in total. The van der Waals surface area contributed by atoms with Crippen molar-refractivity contribution in [2.75, 3.05) is 19.7 Å². The first kappa shape index (κ1) is 15.9. The van der Waals surface area contributed by atoms with E-state index in [1.165, 1.54) is 4.90 Å². The molecule has 21 heavy (non-hydrogen) atoms. The minimum atomic E-state index is -0.862. The number of amides is 2. The highest BCUT2D eigenvalue weighted by Crippen LogP contribution is 2.47. The van der Waals surface area contributed by atoms with Gasteiger partial charge in [0, 0.05) is 6.54 Å². The van der Waals surface area contributed by atoms with Crippen molar-refractivity contribution in [3.8, 4) is 0 Å². The molecule has 0 aromatic rings. The number of rotatable bonds is 8. The van der Waals surface area contributed by atoms with E-state index < -0.39 is 5.54 Å². The van der Waals surface area contributed by atoms with Crippen molar-refractivity contribution in [3.63, 3.8) is 0 Å². The van der Waals surface area contributed by atoms with Crippen molar-refractivity contribution in [2.45, 2.75) is 45.6 Å². The summed E-state index contributed by atoms with van der Waals surface area (Å²) >= 11 is 0. The van der Waals surface area contributed by atoms with Gasteiger partial charge < -0.3 is 10.1 Å². The van der Waals surface area contributed by atoms with Gasteiger partial charge >= 0.3 is 5.97 Å². The number of carbonyl (C=O) groups is 3. The van der Waals surface area contributed by atoms with Crippen LogP contribution in [0.1, 0.15) is 40.0 Å². The molecule has 0 aromatic carbocycles. The molecule has 0 spiro atoms. The molecule has 3 unspecified atom stereocenters. The van der Waals surface area contributed by atoms with Gasteiger partial charge in [-0.05, 0) is 39.7 Å². The number of hydrogen-bond acceptors (Lipinski definition) is 5. The molecule has 1 saturated carbocycles. The Bertz CT molecular complexity index is 431. The van der Waals surface area contributed by atoms with E-state index in [4.69, 9.17) is 4.74 Å². The average molecular weight is 296 g/mol. The van der Waals surface area contributed by atoms with E-state index in [1.807, 2.05) is 6.92 Å². The van der Waals surface area contributed by atoms with Crippen LogP contribution in [-0.4, -0.2) is 47.9 Å². The molecule has 1 N–H and O–H groups in total. The van der Waals surface area contributed by atoms with Gasteiger partial charge in [0.1, 0.15) is 5.54 Å². The lowest BCUT2D eigenvalue weighted by atomic mass is 9.97. The zero-order chi connectivity index (χ0) is 15.6. The van der Waals surface area contributed by atoms with Crippen LogP contribution in [0.25, 0.3) is 0 Å². The monoisotopic (exact) mass is 296 g/mol. The fourth-order valence-corrected chi connectivity index (χ4v) is 2.76. The smallest absolute Gasteiger partial charge is 0.326 e. The summed E-state index contributed by atoms with van der Waals surface area (Å²) in [5.41, 5.74) is -0.862. The summed E-state index contributed by atoms with van der Waals surface area (Å²) < 4.78 is 5.11. The number of imide groups is 1. The molecule has 1 aliphatic carbocycles. The molecule has 2 rings (SSSR count). The Kier molecular flexibility index (Phi) is 4.66. The van der Waals surface area contributed by atoms with Gasteiger partial charge in [-0.2, -0.15) is 0 Å². The Hall–Kier alpha value is -1.43. The van der Waals surface area contributed by atoms with Crippen LogP contribution >= 0.6 is 0 Å². The summed E-state index contributed by atoms with van der Waals surface area (Å²) in [6.45, 7) is 6.82. The van der Waals surface area contributed by atoms with E-state index in [1.54, 1.807) is 13.8 Å². The molecule has 0 radical (unpaired) electrons. The van der Waals surface area contributed by atoms with Crippen LogP contribution < -0.4 is 5.32 Å². The molecule has 1 saturated heterocycles. The van der Waals surface area contributed by atoms with Crippen LogP contribution in [0, 0.1) is 11.8 Å². The van der Waals surface area contributed by atoms with Gasteiger partial charge in [0.15, 0.2) is 0 Å². The average Bonchev–Trinajstić information content (AvgIpc) is 3.21. The van der Waals surface area contributed by atoms with Crippen LogP contribution in [0.15, 0.2) is 0 Å². The van der Waals surface area contributed by atoms with E-state index in [0.29, 0.717) is 26.0 Å². The van der Waals surface area contributed by atoms with Gasteiger partial charge in [0.25, 0.3) is 0 Å². The number of piperidine rings is 1. The number of likely N-dealkylation sites (tertiary alicyclic amines) is 1. The summed E-state index contributed by atoms with van der Waals surface area (Å²) in [6, 6.07) is 0. The van der Waals surface area contributed by atoms with E-state index in [9.17, 15) is 14.4 Å². The van der Waals surface area contributed by atoms with Crippen molar-refractivity contribution in [2.24, 2.45) is 11.8 Å². The lowest BCUT2D eigenvalue weighted by molar-refractivity contribution is -0.152. The number of nitrogens with one attached hydrogen (secondary N) is 1. The van der Waals surface area contributed by atoms with Gasteiger partial charge in [-0.15, -0.1) is 0 Å². The Balaban J connectivity index is 1.96. The van der Waals surface area contributed by atoms with Crippen LogP contribution in [0.4, 0.5) is 0 Å². The predicted molar refractivity (Wildman–Crippen MR) is 76.3 cm³/mol. The van der Waals surface area contributed by atoms with Gasteiger partial charge in [-0.25, -0.2) is 0 Å². The molecule has 0 aromatic heterocycles. The van der Waals surface area contributed by atoms with Crippen LogP contribution in [0.5, 0.6) is 0 Å². The summed E-state index contributed by atoms with van der Waals surface area (Å²) in [7, 11) is 0. The summed E-state index contributed by atoms with van der Waals surface area (Å²) in [5, 5.41) is 3.18. The van der Waals surface area contributed by atoms with Gasteiger partial charge in [0.2, 0.25) is 11.8 Å². The first-order chi connectivity index (χ1) is 9.94. The number of ether oxygens (including phenoxy) is 1. The molecule has 2 aliphatic rings. The fraction of sp³-hybridized carbons (Fsp3) is 0.800. The van der Waals surface area contributed by atoms with E-state index in [2.05, 4.69) is 5.32 Å². The van der Waals surface area contributed by atoms with E-state index in [0.717, 1.165) is 6.42 Å². The quantitative estimate of drug-likeness (QED) is 0.527. The molecular formula is C15H24N2O4. The number of esters is 1. The number of fused-ring (bicyclic) bond motifs is 1. The highest BCUT2D eigenvalue weighted by Gasteiger charge is 2.58. The van der Waals surface area contributed by atoms with Crippen molar-refractivity contribution in [1.29, 1.82) is 0 Å². The Labute approximate surface area is 125 Å². The SMILES string of the molecule is CCCNC(C)(CCN1C(=O)C2CC2C1=O)C(=O)OCC. The van der Waals surface area contributed by atoms with Crippen molar-refractivity contribution in [3.05, 3.63) is 0 Å². The number of carbonyl (C=O) groups excluding carboxylic acids is 3. The largest absolute Gasteiger partial charge is 0.465 e. The summed E-state index contributed by atoms with van der Waals surface area (Å²) in [5.74, 6) is -0.661. The minimum absolute atomic E-state index is 0.0771. The maximum Gasteiger partial charge on any atom is 0.326 e. The molecule has 0 bridgehead atoms. The third-order valence-electron chi connectivity index (χ3n) is 4.28. The maximum absolute atomic E-state index is 12.1. The first-order valence-corrected chi connectivity index (χ1v) is 7.72. The molecule has 6 heteroatoms. The molecule has 3 atom stereocenters. The second-order valence-corrected chi connectivity index (χ2v) is 6.01. The third-order valence-corrected chi connectivity index (χ3v) is 4.28. The van der Waals surface area contributed by atoms with Crippen LogP contribution in [0.3, 0.4) is 0 Å². The lowest BCUT2D eigenvalue weighted by Crippen LogP contribution is -2.53. The van der Waals surface area contributed by atoms with E-state index >= 15 is 0 Å². The predicted octanol–water partition coefficient (Wildman–Crippen LogP) is 0.703. The molecule has 2 fully saturated rings. The molecule has 1 aliphatic heterocycles. The standard InChI is InChI=1S/C15H24N2O4/c1-4-7-16-15(3,14(20)21-5-2)6-8-17-12(18)10-9-11(10)13(17)19/h10-11,16H,4-9H2,1-3H3. The summed E-state index contributed by atoms with van der Waals surface area (Å²) in [6.07, 6.45) is 1.97. The van der Waals surface area contributed by atoms with Gasteiger partial charge in [0.05, 0.1) is 18.4 Å². The zero-order valence-electron chi connectivity index (χ0n) is 13.0. The topological polar surface area (TPSA) is 75.7 Å². The van der Waals surface area contributed by atoms with Crippen molar-refractivity contribution in [1.82, 2.24) is 10.2 Å². The van der Waals surface area contributed by atoms with Crippen molar-refractivity contribution >= 4 is 17.8 Å². The molecule has 2 amide bonds. The van der Waals surface area contributed by atoms with Gasteiger partial charge in [-0.3, -0.25) is 19.3 Å². The van der Waals surface area contributed by atoms with E-state index in [-0.39, 0.29) is 36.2 Å². The second kappa shape index (κ2) is 6.13. The normalized spacial score (nSPS) is 26.5. The highest BCUT2D eigenvalue weighted by molar-refractivity contribution is 6.08. The Morgan fingerprint density at radius 2 is 1.95 bits per heavy atom. The minimum Gasteiger partial charge on any atom is -0.465 e. The van der Waals surface area contributed by atoms with Crippen molar-refractivity contribution < 1.29 is 19.1 Å².